The lowest BCUT2D eigenvalue weighted by Crippen LogP contribution is -2.16. The first-order chi connectivity index (χ1) is 11.5. The van der Waals surface area contributed by atoms with Crippen LogP contribution < -0.4 is 4.80 Å². The van der Waals surface area contributed by atoms with Gasteiger partial charge in [-0.05, 0) is 36.8 Å². The van der Waals surface area contributed by atoms with E-state index in [1.165, 1.54) is 11.3 Å². The molecule has 3 nitrogen and oxygen atoms in total. The number of thiazole rings is 1. The van der Waals surface area contributed by atoms with Crippen molar-refractivity contribution in [2.75, 3.05) is 0 Å². The summed E-state index contributed by atoms with van der Waals surface area (Å²) in [6.07, 6.45) is 1.79. The van der Waals surface area contributed by atoms with E-state index in [0.717, 1.165) is 15.8 Å². The molecule has 1 aromatic heterocycles. The van der Waals surface area contributed by atoms with Gasteiger partial charge in [0.15, 0.2) is 4.80 Å². The third kappa shape index (κ3) is 3.31. The van der Waals surface area contributed by atoms with E-state index in [0.29, 0.717) is 27.0 Å². The average molecular weight is 377 g/mol. The molecule has 0 fully saturated rings. The normalized spacial score (nSPS) is 11.9. The zero-order valence-electron chi connectivity index (χ0n) is 12.9. The van der Waals surface area contributed by atoms with Crippen LogP contribution >= 0.6 is 34.5 Å². The maximum absolute atomic E-state index is 12.5. The van der Waals surface area contributed by atoms with Crippen molar-refractivity contribution in [1.29, 1.82) is 0 Å². The van der Waals surface area contributed by atoms with Crippen LogP contribution in [0.15, 0.2) is 54.0 Å². The Morgan fingerprint density at radius 1 is 1.29 bits per heavy atom. The third-order valence-electron chi connectivity index (χ3n) is 3.52. The Hall–Kier alpha value is -1.88. The number of aryl methyl sites for hydroxylation is 1. The highest BCUT2D eigenvalue weighted by Gasteiger charge is 2.11. The second kappa shape index (κ2) is 6.93. The fraction of sp³-hybridized carbons (Fsp3) is 0.111. The second-order valence-corrected chi connectivity index (χ2v) is 7.16. The standard InChI is InChI=1S/C18H14Cl2N2OS/c1-3-7-22-16-11(2)5-4-6-15(16)24-18(22)21-17(23)12-8-13(19)10-14(20)9-12/h3-6,8-10H,1,7H2,2H3. The van der Waals surface area contributed by atoms with Crippen LogP contribution in [0.1, 0.15) is 15.9 Å². The summed E-state index contributed by atoms with van der Waals surface area (Å²) < 4.78 is 3.07. The number of amides is 1. The predicted octanol–water partition coefficient (Wildman–Crippen LogP) is 5.25. The molecule has 0 unspecified atom stereocenters. The number of carbonyl (C=O) groups is 1. The number of nitrogens with zero attached hydrogens (tertiary/aromatic N) is 2. The number of aromatic nitrogens is 1. The molecule has 0 atom stereocenters. The molecule has 24 heavy (non-hydrogen) atoms. The topological polar surface area (TPSA) is 34.4 Å². The van der Waals surface area contributed by atoms with Gasteiger partial charge in [-0.25, -0.2) is 0 Å². The summed E-state index contributed by atoms with van der Waals surface area (Å²) in [6, 6.07) is 10.8. The first-order valence-corrected chi connectivity index (χ1v) is 8.82. The van der Waals surface area contributed by atoms with Crippen molar-refractivity contribution in [2.45, 2.75) is 13.5 Å². The van der Waals surface area contributed by atoms with Gasteiger partial charge in [-0.3, -0.25) is 4.79 Å². The van der Waals surface area contributed by atoms with E-state index in [9.17, 15) is 4.79 Å². The SMILES string of the molecule is C=CCn1c(=NC(=O)c2cc(Cl)cc(Cl)c2)sc2cccc(C)c21. The minimum atomic E-state index is -0.374. The fourth-order valence-corrected chi connectivity index (χ4v) is 4.16. The van der Waals surface area contributed by atoms with Crippen LogP contribution in [0.3, 0.4) is 0 Å². The number of benzene rings is 2. The van der Waals surface area contributed by atoms with Gasteiger partial charge in [0, 0.05) is 22.2 Å². The lowest BCUT2D eigenvalue weighted by molar-refractivity contribution is 0.0998. The summed E-state index contributed by atoms with van der Waals surface area (Å²) in [5, 5.41) is 0.819. The molecule has 0 radical (unpaired) electrons. The lowest BCUT2D eigenvalue weighted by Gasteiger charge is -2.03. The molecular formula is C18H14Cl2N2OS. The van der Waals surface area contributed by atoms with Gasteiger partial charge in [-0.15, -0.1) is 6.58 Å². The third-order valence-corrected chi connectivity index (χ3v) is 5.00. The van der Waals surface area contributed by atoms with E-state index in [1.807, 2.05) is 29.7 Å². The largest absolute Gasteiger partial charge is 0.312 e. The Kier molecular flexibility index (Phi) is 4.90. The first-order valence-electron chi connectivity index (χ1n) is 7.24. The summed E-state index contributed by atoms with van der Waals surface area (Å²) in [4.78, 5) is 17.4. The van der Waals surface area contributed by atoms with Crippen molar-refractivity contribution in [3.8, 4) is 0 Å². The van der Waals surface area contributed by atoms with Crippen LogP contribution in [0.25, 0.3) is 10.2 Å². The van der Waals surface area contributed by atoms with E-state index in [-0.39, 0.29) is 5.91 Å². The number of fused-ring (bicyclic) bond motifs is 1. The van der Waals surface area contributed by atoms with Gasteiger partial charge in [-0.2, -0.15) is 4.99 Å². The Labute approximate surface area is 153 Å². The molecule has 0 saturated carbocycles. The van der Waals surface area contributed by atoms with E-state index in [2.05, 4.69) is 11.6 Å². The van der Waals surface area contributed by atoms with Crippen LogP contribution in [-0.2, 0) is 6.54 Å². The molecule has 3 aromatic rings. The Morgan fingerprint density at radius 2 is 2.00 bits per heavy atom. The van der Waals surface area contributed by atoms with Crippen molar-refractivity contribution in [2.24, 2.45) is 4.99 Å². The highest BCUT2D eigenvalue weighted by Crippen LogP contribution is 2.22. The minimum absolute atomic E-state index is 0.367. The van der Waals surface area contributed by atoms with E-state index in [4.69, 9.17) is 23.2 Å². The van der Waals surface area contributed by atoms with Gasteiger partial charge in [-0.1, -0.05) is 52.7 Å². The number of allylic oxidation sites excluding steroid dienone is 1. The van der Waals surface area contributed by atoms with Crippen LogP contribution in [0.2, 0.25) is 10.0 Å². The molecule has 0 aliphatic heterocycles. The molecule has 0 bridgehead atoms. The summed E-state index contributed by atoms with van der Waals surface area (Å²) in [5.74, 6) is -0.374. The van der Waals surface area contributed by atoms with Gasteiger partial charge in [0.2, 0.25) is 0 Å². The zero-order valence-corrected chi connectivity index (χ0v) is 15.3. The Balaban J connectivity index is 2.19. The summed E-state index contributed by atoms with van der Waals surface area (Å²) >= 11 is 13.4. The highest BCUT2D eigenvalue weighted by molar-refractivity contribution is 7.16. The zero-order chi connectivity index (χ0) is 17.3. The smallest absolute Gasteiger partial charge is 0.279 e. The first kappa shape index (κ1) is 17.0. The number of para-hydroxylation sites is 1. The van der Waals surface area contributed by atoms with Crippen LogP contribution in [0, 0.1) is 6.92 Å². The van der Waals surface area contributed by atoms with E-state index >= 15 is 0 Å². The van der Waals surface area contributed by atoms with Crippen LogP contribution in [-0.4, -0.2) is 10.5 Å². The Morgan fingerprint density at radius 3 is 2.67 bits per heavy atom. The summed E-state index contributed by atoms with van der Waals surface area (Å²) in [7, 11) is 0. The summed E-state index contributed by atoms with van der Waals surface area (Å²) in [5.41, 5.74) is 2.57. The molecule has 122 valence electrons. The monoisotopic (exact) mass is 376 g/mol. The molecule has 0 spiro atoms. The number of rotatable bonds is 3. The second-order valence-electron chi connectivity index (χ2n) is 5.28. The maximum Gasteiger partial charge on any atom is 0.279 e. The van der Waals surface area contributed by atoms with E-state index < -0.39 is 0 Å². The molecule has 1 amide bonds. The van der Waals surface area contributed by atoms with Crippen LogP contribution in [0.5, 0.6) is 0 Å². The molecule has 2 aromatic carbocycles. The van der Waals surface area contributed by atoms with Crippen LogP contribution in [0.4, 0.5) is 0 Å². The molecule has 0 saturated heterocycles. The van der Waals surface area contributed by atoms with Gasteiger partial charge >= 0.3 is 0 Å². The van der Waals surface area contributed by atoms with Crippen molar-refractivity contribution in [3.63, 3.8) is 0 Å². The number of carbonyl (C=O) groups excluding carboxylic acids is 1. The molecule has 1 heterocycles. The molecule has 3 rings (SSSR count). The predicted molar refractivity (Wildman–Crippen MR) is 101 cm³/mol. The lowest BCUT2D eigenvalue weighted by atomic mass is 10.2. The van der Waals surface area contributed by atoms with Crippen molar-refractivity contribution < 1.29 is 4.79 Å². The molecular weight excluding hydrogens is 363 g/mol. The molecule has 0 aliphatic carbocycles. The average Bonchev–Trinajstić information content (AvgIpc) is 2.85. The number of hydrogen-bond donors (Lipinski definition) is 0. The molecule has 0 aliphatic rings. The van der Waals surface area contributed by atoms with Gasteiger partial charge in [0.25, 0.3) is 5.91 Å². The van der Waals surface area contributed by atoms with Crippen molar-refractivity contribution >= 4 is 50.7 Å². The van der Waals surface area contributed by atoms with Crippen molar-refractivity contribution in [1.82, 2.24) is 4.57 Å². The van der Waals surface area contributed by atoms with Gasteiger partial charge in [0.1, 0.15) is 0 Å². The van der Waals surface area contributed by atoms with Gasteiger partial charge < -0.3 is 4.57 Å². The van der Waals surface area contributed by atoms with Gasteiger partial charge in [0.05, 0.1) is 10.2 Å². The number of hydrogen-bond acceptors (Lipinski definition) is 2. The molecule has 0 N–H and O–H groups in total. The maximum atomic E-state index is 12.5. The Bertz CT molecular complexity index is 997. The quantitative estimate of drug-likeness (QED) is 0.575. The number of halogens is 2. The molecule has 6 heteroatoms. The van der Waals surface area contributed by atoms with E-state index in [1.54, 1.807) is 24.3 Å². The minimum Gasteiger partial charge on any atom is -0.312 e. The van der Waals surface area contributed by atoms with Crippen molar-refractivity contribution in [3.05, 3.63) is 75.0 Å². The summed E-state index contributed by atoms with van der Waals surface area (Å²) in [6.45, 7) is 6.41. The fourth-order valence-electron chi connectivity index (χ4n) is 2.52. The highest BCUT2D eigenvalue weighted by atomic mass is 35.5.